The molecule has 0 aliphatic rings. The predicted octanol–water partition coefficient (Wildman–Crippen LogP) is -2.16. The molecule has 0 spiro atoms. The number of aromatic nitrogens is 1. The SMILES string of the molecule is O=[N+]([O-])c1cccc(-c2coc3cccc[n+]23)c1.[O-][Cl+3]([O-])([O-])[O-]. The number of nitro groups is 1. The summed E-state index contributed by atoms with van der Waals surface area (Å²) < 4.78 is 41.2. The Hall–Kier alpha value is -2.56. The lowest BCUT2D eigenvalue weighted by molar-refractivity contribution is -2.00. The van der Waals surface area contributed by atoms with Crippen LogP contribution >= 0.6 is 0 Å². The number of benzene rings is 1. The molecule has 0 N–H and O–H groups in total. The number of rotatable bonds is 2. The summed E-state index contributed by atoms with van der Waals surface area (Å²) >= 11 is 0. The lowest BCUT2D eigenvalue weighted by Gasteiger charge is -2.17. The van der Waals surface area contributed by atoms with Gasteiger partial charge in [-0.2, -0.15) is 0 Å². The summed E-state index contributed by atoms with van der Waals surface area (Å²) in [5.41, 5.74) is 2.30. The van der Waals surface area contributed by atoms with Crippen LogP contribution in [0.4, 0.5) is 5.69 Å². The van der Waals surface area contributed by atoms with Crippen molar-refractivity contribution in [2.75, 3.05) is 0 Å². The molecule has 3 rings (SSSR count). The van der Waals surface area contributed by atoms with Gasteiger partial charge < -0.3 is 4.42 Å². The maximum Gasteiger partial charge on any atom is 0.378 e. The van der Waals surface area contributed by atoms with Crippen molar-refractivity contribution in [3.05, 3.63) is 65.0 Å². The van der Waals surface area contributed by atoms with Gasteiger partial charge in [-0.05, 0) is 12.1 Å². The number of hydrogen-bond donors (Lipinski definition) is 0. The molecule has 2 aromatic heterocycles. The van der Waals surface area contributed by atoms with E-state index in [0.717, 1.165) is 11.3 Å². The van der Waals surface area contributed by atoms with Gasteiger partial charge in [0.25, 0.3) is 11.4 Å². The van der Waals surface area contributed by atoms with Gasteiger partial charge in [0.2, 0.25) is 0 Å². The molecule has 0 amide bonds. The molecule has 10 heteroatoms. The number of oxazole rings is 1. The van der Waals surface area contributed by atoms with Crippen LogP contribution in [0.25, 0.3) is 17.0 Å². The van der Waals surface area contributed by atoms with Gasteiger partial charge >= 0.3 is 5.71 Å². The molecule has 1 aromatic carbocycles. The average molecular weight is 341 g/mol. The van der Waals surface area contributed by atoms with E-state index in [0.29, 0.717) is 5.71 Å². The molecule has 2 heterocycles. The molecule has 0 unspecified atom stereocenters. The molecular formula is C13H9ClN2O7. The van der Waals surface area contributed by atoms with Crippen LogP contribution in [-0.4, -0.2) is 4.92 Å². The zero-order chi connectivity index (χ0) is 17.0. The molecule has 9 nitrogen and oxygen atoms in total. The number of nitrogens with zero attached hydrogens (tertiary/aromatic N) is 2. The maximum absolute atomic E-state index is 10.8. The molecule has 0 fully saturated rings. The van der Waals surface area contributed by atoms with E-state index in [4.69, 9.17) is 23.1 Å². The summed E-state index contributed by atoms with van der Waals surface area (Å²) in [6.07, 6.45) is 3.45. The van der Waals surface area contributed by atoms with Gasteiger partial charge in [-0.25, -0.2) is 18.6 Å². The number of hydrogen-bond acceptors (Lipinski definition) is 7. The highest BCUT2D eigenvalue weighted by atomic mass is 35.7. The minimum atomic E-state index is -4.94. The highest BCUT2D eigenvalue weighted by molar-refractivity contribution is 5.60. The largest absolute Gasteiger partial charge is 0.406 e. The average Bonchev–Trinajstić information content (AvgIpc) is 2.89. The van der Waals surface area contributed by atoms with Gasteiger partial charge in [0.1, 0.15) is 0 Å². The summed E-state index contributed by atoms with van der Waals surface area (Å²) in [4.78, 5) is 10.4. The van der Waals surface area contributed by atoms with Crippen LogP contribution in [0.1, 0.15) is 0 Å². The first-order valence-electron chi connectivity index (χ1n) is 6.00. The molecule has 23 heavy (non-hydrogen) atoms. The Morgan fingerprint density at radius 2 is 1.74 bits per heavy atom. The third kappa shape index (κ3) is 4.71. The molecule has 0 aliphatic carbocycles. The molecular weight excluding hydrogens is 332 g/mol. The summed E-state index contributed by atoms with van der Waals surface area (Å²) in [7, 11) is -4.94. The van der Waals surface area contributed by atoms with Crippen molar-refractivity contribution in [2.45, 2.75) is 0 Å². The Balaban J connectivity index is 0.000000338. The van der Waals surface area contributed by atoms with Crippen molar-refractivity contribution in [2.24, 2.45) is 0 Å². The van der Waals surface area contributed by atoms with Crippen molar-refractivity contribution in [1.82, 2.24) is 0 Å². The topological polar surface area (TPSA) is 153 Å². The second-order valence-electron chi connectivity index (χ2n) is 4.22. The number of pyridine rings is 1. The molecule has 0 bridgehead atoms. The van der Waals surface area contributed by atoms with Gasteiger partial charge in [-0.1, -0.05) is 6.07 Å². The van der Waals surface area contributed by atoms with E-state index in [1.54, 1.807) is 12.3 Å². The van der Waals surface area contributed by atoms with E-state index in [9.17, 15) is 10.1 Å². The fourth-order valence-electron chi connectivity index (χ4n) is 1.88. The van der Waals surface area contributed by atoms with Gasteiger partial charge in [-0.3, -0.25) is 10.1 Å². The Labute approximate surface area is 131 Å². The minimum absolute atomic E-state index is 0.0679. The van der Waals surface area contributed by atoms with Gasteiger partial charge in [0, 0.05) is 18.2 Å². The minimum Gasteiger partial charge on any atom is -0.406 e. The van der Waals surface area contributed by atoms with Gasteiger partial charge in [0.15, 0.2) is 12.5 Å². The highest BCUT2D eigenvalue weighted by Gasteiger charge is 2.18. The Morgan fingerprint density at radius 1 is 1.04 bits per heavy atom. The third-order valence-electron chi connectivity index (χ3n) is 2.73. The summed E-state index contributed by atoms with van der Waals surface area (Å²) in [6.45, 7) is 0. The van der Waals surface area contributed by atoms with E-state index in [1.807, 2.05) is 34.9 Å². The van der Waals surface area contributed by atoms with Gasteiger partial charge in [0.05, 0.1) is 16.6 Å². The van der Waals surface area contributed by atoms with Crippen molar-refractivity contribution in [3.8, 4) is 11.3 Å². The normalized spacial score (nSPS) is 11.0. The second-order valence-corrected chi connectivity index (χ2v) is 4.97. The van der Waals surface area contributed by atoms with E-state index < -0.39 is 15.2 Å². The van der Waals surface area contributed by atoms with E-state index in [-0.39, 0.29) is 5.69 Å². The number of fused-ring (bicyclic) bond motifs is 1. The first kappa shape index (κ1) is 16.8. The number of nitro benzene ring substituents is 1. The molecule has 0 atom stereocenters. The lowest BCUT2D eigenvalue weighted by atomic mass is 10.1. The van der Waals surface area contributed by atoms with Gasteiger partial charge in [-0.15, -0.1) is 14.6 Å². The molecule has 3 aromatic rings. The standard InChI is InChI=1S/C13H9N2O3.ClHO4/c16-15(17)11-5-3-4-10(8-11)12-9-18-13-6-1-2-7-14(12)13;2-1(3,4)5/h1-9H;(H,2,3,4,5)/q+1;/p-1. The van der Waals surface area contributed by atoms with E-state index in [2.05, 4.69) is 0 Å². The Bertz CT molecular complexity index is 822. The quantitative estimate of drug-likeness (QED) is 0.292. The zero-order valence-electron chi connectivity index (χ0n) is 11.3. The monoisotopic (exact) mass is 340 g/mol. The third-order valence-corrected chi connectivity index (χ3v) is 2.73. The van der Waals surface area contributed by atoms with Crippen molar-refractivity contribution in [1.29, 1.82) is 0 Å². The van der Waals surface area contributed by atoms with Crippen molar-refractivity contribution in [3.63, 3.8) is 0 Å². The zero-order valence-corrected chi connectivity index (χ0v) is 12.1. The van der Waals surface area contributed by atoms with E-state index >= 15 is 0 Å². The summed E-state index contributed by atoms with van der Waals surface area (Å²) in [5, 5.41) is 10.8. The summed E-state index contributed by atoms with van der Waals surface area (Å²) in [5.74, 6) is 0. The van der Waals surface area contributed by atoms with Crippen LogP contribution in [0.2, 0.25) is 0 Å². The maximum atomic E-state index is 10.8. The van der Waals surface area contributed by atoms with Crippen LogP contribution < -0.4 is 23.0 Å². The first-order chi connectivity index (χ1) is 10.8. The van der Waals surface area contributed by atoms with Crippen LogP contribution in [0.5, 0.6) is 0 Å². The second kappa shape index (κ2) is 6.69. The molecule has 0 saturated carbocycles. The molecule has 0 saturated heterocycles. The fraction of sp³-hybridized carbons (Fsp3) is 0. The summed E-state index contributed by atoms with van der Waals surface area (Å²) in [6, 6.07) is 12.1. The van der Waals surface area contributed by atoms with E-state index in [1.165, 1.54) is 12.1 Å². The van der Waals surface area contributed by atoms with Crippen LogP contribution in [0.3, 0.4) is 0 Å². The predicted molar refractivity (Wildman–Crippen MR) is 64.0 cm³/mol. The highest BCUT2D eigenvalue weighted by Crippen LogP contribution is 2.22. The van der Waals surface area contributed by atoms with Crippen LogP contribution in [0.15, 0.2) is 59.3 Å². The smallest absolute Gasteiger partial charge is 0.378 e. The van der Waals surface area contributed by atoms with Crippen LogP contribution in [0, 0.1) is 20.4 Å². The fourth-order valence-corrected chi connectivity index (χ4v) is 1.88. The Morgan fingerprint density at radius 3 is 2.39 bits per heavy atom. The first-order valence-corrected chi connectivity index (χ1v) is 7.23. The number of halogens is 1. The Kier molecular flexibility index (Phi) is 4.89. The van der Waals surface area contributed by atoms with Crippen molar-refractivity contribution < 1.29 is 42.6 Å². The molecule has 120 valence electrons. The number of non-ortho nitro benzene ring substituents is 1. The molecule has 0 aliphatic heterocycles. The lowest BCUT2D eigenvalue weighted by Crippen LogP contribution is -2.68. The van der Waals surface area contributed by atoms with Crippen LogP contribution in [-0.2, 0) is 0 Å². The molecule has 0 radical (unpaired) electrons. The van der Waals surface area contributed by atoms with Crippen molar-refractivity contribution >= 4 is 11.4 Å².